The monoisotopic (exact) mass is 1730 g/mol. The lowest BCUT2D eigenvalue weighted by Gasteiger charge is -2.39. The summed E-state index contributed by atoms with van der Waals surface area (Å²) in [6.45, 7) is 0. The molecule has 13 nitrogen and oxygen atoms in total. The zero-order chi connectivity index (χ0) is 89.1. The van der Waals surface area contributed by atoms with Crippen LogP contribution in [-0.4, -0.2) is 45.3 Å². The van der Waals surface area contributed by atoms with Gasteiger partial charge >= 0.3 is 0 Å². The van der Waals surface area contributed by atoms with Gasteiger partial charge in [-0.1, -0.05) is 303 Å². The van der Waals surface area contributed by atoms with Crippen molar-refractivity contribution in [2.75, 3.05) is 0 Å². The van der Waals surface area contributed by atoms with Crippen LogP contribution >= 0.6 is 0 Å². The minimum absolute atomic E-state index is 0.437. The van der Waals surface area contributed by atoms with Crippen molar-refractivity contribution >= 4 is 10.9 Å². The summed E-state index contributed by atoms with van der Waals surface area (Å²) in [6.07, 6.45) is 3.64. The first kappa shape index (κ1) is 78.0. The quantitative estimate of drug-likeness (QED) is 0.135. The van der Waals surface area contributed by atoms with Crippen LogP contribution in [0.4, 0.5) is 0 Å². The first-order chi connectivity index (χ1) is 66.9. The van der Waals surface area contributed by atoms with E-state index in [-0.39, 0.29) is 0 Å². The van der Waals surface area contributed by atoms with Crippen molar-refractivity contribution < 1.29 is 18.6 Å². The van der Waals surface area contributed by atoms with Crippen LogP contribution in [-0.2, 0) is 16.2 Å². The van der Waals surface area contributed by atoms with E-state index in [1.165, 1.54) is 66.8 Å². The normalized spacial score (nSPS) is 13.4. The molecule has 0 radical (unpaired) electrons. The summed E-state index contributed by atoms with van der Waals surface area (Å²) in [5.41, 5.74) is 34.6. The first-order valence-electron chi connectivity index (χ1n) is 45.3. The maximum Gasteiger partial charge on any atom is 0.249 e. The van der Waals surface area contributed by atoms with Crippen LogP contribution in [0.25, 0.3) is 146 Å². The Kier molecular flexibility index (Phi) is 18.3. The summed E-state index contributed by atoms with van der Waals surface area (Å²) in [7, 11) is 0. The Morgan fingerprint density at radius 2 is 0.563 bits per heavy atom. The zero-order valence-corrected chi connectivity index (χ0v) is 72.5. The fraction of sp³-hybridized carbons (Fsp3) is 0.0246. The predicted octanol–water partition coefficient (Wildman–Crippen LogP) is 28.8. The van der Waals surface area contributed by atoms with E-state index < -0.39 is 16.2 Å². The number of fused-ring (bicyclic) bond motifs is 28. The molecular weight excluding hydrogens is 1660 g/mol. The summed E-state index contributed by atoms with van der Waals surface area (Å²) >= 11 is 0. The van der Waals surface area contributed by atoms with E-state index in [4.69, 9.17) is 43.5 Å². The number of aromatic nitrogens is 9. The number of rotatable bonds is 9. The van der Waals surface area contributed by atoms with Gasteiger partial charge in [0.05, 0.1) is 61.5 Å². The van der Waals surface area contributed by atoms with Crippen molar-refractivity contribution in [3.63, 3.8) is 0 Å². The average molecular weight is 1730 g/mol. The smallest absolute Gasteiger partial charge is 0.249 e. The molecule has 135 heavy (non-hydrogen) atoms. The van der Waals surface area contributed by atoms with Crippen LogP contribution in [0.2, 0.25) is 0 Å². The molecule has 13 heteroatoms. The van der Waals surface area contributed by atoms with Gasteiger partial charge in [-0.2, -0.15) is 0 Å². The highest BCUT2D eigenvalue weighted by molar-refractivity contribution is 5.97. The largest absolute Gasteiger partial charge is 0.457 e. The number of benzene rings is 16. The molecule has 6 aromatic heterocycles. The Labute approximate surface area is 777 Å². The number of nitrogens with zero attached hydrogens (tertiary/aromatic N) is 9. The van der Waals surface area contributed by atoms with Crippen molar-refractivity contribution in [1.82, 2.24) is 45.3 Å². The molecule has 6 aliphatic rings. The third kappa shape index (κ3) is 12.4. The van der Waals surface area contributed by atoms with Gasteiger partial charge in [0.1, 0.15) is 40.2 Å². The second-order valence-electron chi connectivity index (χ2n) is 34.4. The van der Waals surface area contributed by atoms with Crippen molar-refractivity contribution in [2.24, 2.45) is 0 Å². The van der Waals surface area contributed by atoms with Crippen LogP contribution in [0, 0.1) is 0 Å². The molecule has 0 fully saturated rings. The van der Waals surface area contributed by atoms with Gasteiger partial charge in [-0.05, 0) is 206 Å². The van der Waals surface area contributed by atoms with E-state index in [1.807, 2.05) is 158 Å². The SMILES string of the molecule is c1ccc(-c2ccc(-c3cccc(-c4ccc5c(c4)C4(c6ccccc6O5)c5ccccc5-c5ccccc54)n3)nn2)cc1.c1ccc(-c2nc(-c3cccnc3-c3ccc4c(c3)C3(c5ccccc5O4)c4ccccc4-c4ccccc43)nc3ccccc23)cc1.c1ccc(-c2nnc(-c3ccc(-c4ccc5c(c4)C4(c6ccccc6O5)c5ccccc5-c5ccccc54)nc3)o2)cc1. The molecule has 632 valence electrons. The zero-order valence-electron chi connectivity index (χ0n) is 72.5. The number of pyridine rings is 3. The molecule has 3 spiro atoms. The number of para-hydroxylation sites is 4. The van der Waals surface area contributed by atoms with Crippen LogP contribution in [0.1, 0.15) is 66.8 Å². The van der Waals surface area contributed by atoms with Crippen molar-refractivity contribution in [2.45, 2.75) is 16.2 Å². The molecule has 9 heterocycles. The minimum Gasteiger partial charge on any atom is -0.457 e. The van der Waals surface area contributed by atoms with Gasteiger partial charge < -0.3 is 18.6 Å². The third-order valence-electron chi connectivity index (χ3n) is 27.3. The number of hydrogen-bond acceptors (Lipinski definition) is 13. The van der Waals surface area contributed by atoms with E-state index in [0.717, 1.165) is 163 Å². The predicted molar refractivity (Wildman–Crippen MR) is 530 cm³/mol. The second kappa shape index (κ2) is 31.7. The van der Waals surface area contributed by atoms with Gasteiger partial charge in [0.25, 0.3) is 0 Å². The average Bonchev–Trinajstić information content (AvgIpc) is 1.53. The van der Waals surface area contributed by atoms with Crippen LogP contribution in [0.5, 0.6) is 34.5 Å². The van der Waals surface area contributed by atoms with E-state index in [9.17, 15) is 0 Å². The van der Waals surface area contributed by atoms with Gasteiger partial charge in [-0.25, -0.2) is 15.0 Å². The molecule has 16 aromatic carbocycles. The van der Waals surface area contributed by atoms with E-state index in [0.29, 0.717) is 17.6 Å². The summed E-state index contributed by atoms with van der Waals surface area (Å²) in [6, 6.07) is 154. The third-order valence-corrected chi connectivity index (χ3v) is 27.3. The van der Waals surface area contributed by atoms with Gasteiger partial charge in [0, 0.05) is 90.1 Å². The van der Waals surface area contributed by atoms with Crippen LogP contribution in [0.3, 0.4) is 0 Å². The molecule has 0 saturated heterocycles. The molecular formula is C122H75N9O4. The van der Waals surface area contributed by atoms with Crippen molar-refractivity contribution in [3.05, 3.63) is 522 Å². The molecule has 0 saturated carbocycles. The van der Waals surface area contributed by atoms with Gasteiger partial charge in [0.15, 0.2) is 5.82 Å². The molecule has 3 aliphatic carbocycles. The fourth-order valence-electron chi connectivity index (χ4n) is 21.6. The molecule has 0 amide bonds. The molecule has 0 N–H and O–H groups in total. The Morgan fingerprint density at radius 3 is 1.04 bits per heavy atom. The highest BCUT2D eigenvalue weighted by Gasteiger charge is 2.55. The summed E-state index contributed by atoms with van der Waals surface area (Å²) < 4.78 is 25.8. The highest BCUT2D eigenvalue weighted by Crippen LogP contribution is 2.66. The lowest BCUT2D eigenvalue weighted by molar-refractivity contribution is 0.436. The summed E-state index contributed by atoms with van der Waals surface area (Å²) in [5, 5.41) is 18.5. The summed E-state index contributed by atoms with van der Waals surface area (Å²) in [4.78, 5) is 25.2. The van der Waals surface area contributed by atoms with Crippen molar-refractivity contribution in [1.29, 1.82) is 0 Å². The molecule has 28 rings (SSSR count). The topological polar surface area (TPSA) is 157 Å². The Morgan fingerprint density at radius 1 is 0.193 bits per heavy atom. The van der Waals surface area contributed by atoms with Gasteiger partial charge in [-0.15, -0.1) is 20.4 Å². The highest BCUT2D eigenvalue weighted by atomic mass is 16.5. The lowest BCUT2D eigenvalue weighted by atomic mass is 9.66. The number of ether oxygens (including phenoxy) is 3. The van der Waals surface area contributed by atoms with Crippen molar-refractivity contribution in [3.8, 4) is 170 Å². The fourth-order valence-corrected chi connectivity index (χ4v) is 21.6. The number of hydrogen-bond donors (Lipinski definition) is 0. The lowest BCUT2D eigenvalue weighted by Crippen LogP contribution is -2.32. The molecule has 0 atom stereocenters. The van der Waals surface area contributed by atoms with E-state index in [2.05, 4.69) is 312 Å². The van der Waals surface area contributed by atoms with E-state index in [1.54, 1.807) is 6.20 Å². The molecule has 0 unspecified atom stereocenters. The Bertz CT molecular complexity index is 8360. The molecule has 22 aromatic rings. The Balaban J connectivity index is 0.000000106. The summed E-state index contributed by atoms with van der Waals surface area (Å²) in [5.74, 6) is 6.76. The van der Waals surface area contributed by atoms with Crippen LogP contribution < -0.4 is 14.2 Å². The van der Waals surface area contributed by atoms with E-state index >= 15 is 0 Å². The minimum atomic E-state index is -0.553. The molecule has 0 bridgehead atoms. The maximum absolute atomic E-state index is 6.67. The van der Waals surface area contributed by atoms with Gasteiger partial charge in [0.2, 0.25) is 11.8 Å². The standard InChI is InChI=1S/C44H27N3O.C40H25N3O.C38H23N3O2/c1-2-13-28(14-3-1)42-32-17-6-10-22-38(32)46-43(47-42)33-18-12-26-45-41(33)29-24-25-40-37(27-29)44(36-21-9-11-23-39(36)48-40)34-19-7-4-15-30(34)31-16-5-8-20-35(31)44;1-2-11-26(12-3-1)35-22-23-37(43-42-35)36-19-10-18-34(41-36)27-21-24-39-33(25-27)40(32-17-8-9-20-38(32)44-39)30-15-6-4-13-28(30)29-14-5-7-16-31(29)40;1-2-10-24(11-3-1)36-40-41-37(43-36)26-18-20-33(39-23-26)25-19-21-35-32(22-25)38(31-16-8-9-17-34(31)42-35)29-14-6-4-12-27(29)28-13-5-7-15-30(28)38/h1-27H;1-25H;1-23H. The van der Waals surface area contributed by atoms with Crippen LogP contribution in [0.15, 0.2) is 460 Å². The first-order valence-corrected chi connectivity index (χ1v) is 45.3. The van der Waals surface area contributed by atoms with Gasteiger partial charge in [-0.3, -0.25) is 9.97 Å². The second-order valence-corrected chi connectivity index (χ2v) is 34.4. The maximum atomic E-state index is 6.67. The Hall–Kier alpha value is -18.1. The molecule has 3 aliphatic heterocycles.